The standard InChI is InChI=1S/C10H18N2O2/c13-9-3-4-12(7-9)10(14)6-11-5-8-1-2-8/h8-9,11,13H,1-7H2. The lowest BCUT2D eigenvalue weighted by molar-refractivity contribution is -0.129. The van der Waals surface area contributed by atoms with Gasteiger partial charge in [-0.1, -0.05) is 0 Å². The lowest BCUT2D eigenvalue weighted by Crippen LogP contribution is -2.37. The molecule has 14 heavy (non-hydrogen) atoms. The molecule has 0 aromatic heterocycles. The number of nitrogens with one attached hydrogen (secondary N) is 1. The van der Waals surface area contributed by atoms with Gasteiger partial charge in [-0.3, -0.25) is 4.79 Å². The molecular formula is C10H18N2O2. The van der Waals surface area contributed by atoms with Crippen molar-refractivity contribution in [3.63, 3.8) is 0 Å². The molecule has 1 saturated heterocycles. The van der Waals surface area contributed by atoms with Gasteiger partial charge in [-0.2, -0.15) is 0 Å². The molecule has 0 spiro atoms. The molecule has 0 radical (unpaired) electrons. The highest BCUT2D eigenvalue weighted by molar-refractivity contribution is 5.78. The number of β-amino-alcohol motifs (C(OH)–C–C–N with tert-alkyl or cyclic N) is 1. The van der Waals surface area contributed by atoms with Gasteiger partial charge in [-0.05, 0) is 31.7 Å². The van der Waals surface area contributed by atoms with Crippen molar-refractivity contribution in [2.24, 2.45) is 5.92 Å². The molecule has 1 heterocycles. The van der Waals surface area contributed by atoms with E-state index in [1.165, 1.54) is 12.8 Å². The minimum atomic E-state index is -0.303. The highest BCUT2D eigenvalue weighted by atomic mass is 16.3. The predicted molar refractivity (Wildman–Crippen MR) is 52.8 cm³/mol. The molecule has 1 atom stereocenters. The number of hydrogen-bond acceptors (Lipinski definition) is 3. The number of hydrogen-bond donors (Lipinski definition) is 2. The number of nitrogens with zero attached hydrogens (tertiary/aromatic N) is 1. The monoisotopic (exact) mass is 198 g/mol. The summed E-state index contributed by atoms with van der Waals surface area (Å²) in [6.45, 7) is 2.64. The summed E-state index contributed by atoms with van der Waals surface area (Å²) in [5.41, 5.74) is 0. The van der Waals surface area contributed by atoms with E-state index >= 15 is 0 Å². The zero-order valence-electron chi connectivity index (χ0n) is 8.41. The fourth-order valence-corrected chi connectivity index (χ4v) is 1.79. The fourth-order valence-electron chi connectivity index (χ4n) is 1.79. The van der Waals surface area contributed by atoms with Crippen molar-refractivity contribution in [3.05, 3.63) is 0 Å². The van der Waals surface area contributed by atoms with E-state index in [-0.39, 0.29) is 12.0 Å². The minimum Gasteiger partial charge on any atom is -0.391 e. The Morgan fingerprint density at radius 2 is 2.21 bits per heavy atom. The highest BCUT2D eigenvalue weighted by Gasteiger charge is 2.25. The van der Waals surface area contributed by atoms with E-state index < -0.39 is 0 Å². The summed E-state index contributed by atoms with van der Waals surface area (Å²) in [6.07, 6.45) is 3.05. The Bertz CT molecular complexity index is 216. The molecule has 1 unspecified atom stereocenters. The van der Waals surface area contributed by atoms with Gasteiger partial charge in [0.2, 0.25) is 5.91 Å². The smallest absolute Gasteiger partial charge is 0.236 e. The van der Waals surface area contributed by atoms with Gasteiger partial charge in [0.15, 0.2) is 0 Å². The van der Waals surface area contributed by atoms with Crippen LogP contribution in [0.2, 0.25) is 0 Å². The Hall–Kier alpha value is -0.610. The van der Waals surface area contributed by atoms with Crippen LogP contribution in [0.3, 0.4) is 0 Å². The third kappa shape index (κ3) is 2.69. The van der Waals surface area contributed by atoms with E-state index in [1.807, 2.05) is 0 Å². The summed E-state index contributed by atoms with van der Waals surface area (Å²) < 4.78 is 0. The lowest BCUT2D eigenvalue weighted by Gasteiger charge is -2.15. The third-order valence-electron chi connectivity index (χ3n) is 2.92. The van der Waals surface area contributed by atoms with Crippen molar-refractivity contribution in [1.82, 2.24) is 10.2 Å². The number of amides is 1. The van der Waals surface area contributed by atoms with Gasteiger partial charge in [-0.15, -0.1) is 0 Å². The molecular weight excluding hydrogens is 180 g/mol. The van der Waals surface area contributed by atoms with Gasteiger partial charge in [0.1, 0.15) is 0 Å². The fraction of sp³-hybridized carbons (Fsp3) is 0.900. The first-order chi connectivity index (χ1) is 6.75. The molecule has 1 saturated carbocycles. The van der Waals surface area contributed by atoms with Gasteiger partial charge in [0, 0.05) is 13.1 Å². The van der Waals surface area contributed by atoms with Gasteiger partial charge in [0.05, 0.1) is 12.6 Å². The van der Waals surface area contributed by atoms with E-state index in [1.54, 1.807) is 4.90 Å². The molecule has 1 aliphatic carbocycles. The van der Waals surface area contributed by atoms with E-state index in [4.69, 9.17) is 0 Å². The Morgan fingerprint density at radius 3 is 2.79 bits per heavy atom. The molecule has 1 amide bonds. The van der Waals surface area contributed by atoms with Crippen LogP contribution in [0.4, 0.5) is 0 Å². The number of aliphatic hydroxyl groups is 1. The molecule has 2 fully saturated rings. The Kier molecular flexibility index (Phi) is 3.03. The van der Waals surface area contributed by atoms with Crippen LogP contribution >= 0.6 is 0 Å². The summed E-state index contributed by atoms with van der Waals surface area (Å²) >= 11 is 0. The number of carbonyl (C=O) groups excluding carboxylic acids is 1. The van der Waals surface area contributed by atoms with Crippen molar-refractivity contribution < 1.29 is 9.90 Å². The van der Waals surface area contributed by atoms with Crippen LogP contribution in [0.25, 0.3) is 0 Å². The summed E-state index contributed by atoms with van der Waals surface area (Å²) in [6, 6.07) is 0. The number of aliphatic hydroxyl groups excluding tert-OH is 1. The molecule has 80 valence electrons. The van der Waals surface area contributed by atoms with Crippen LogP contribution in [0.1, 0.15) is 19.3 Å². The summed E-state index contributed by atoms with van der Waals surface area (Å²) in [7, 11) is 0. The average Bonchev–Trinajstić information content (AvgIpc) is 2.87. The number of likely N-dealkylation sites (tertiary alicyclic amines) is 1. The first-order valence-electron chi connectivity index (χ1n) is 5.42. The van der Waals surface area contributed by atoms with Crippen molar-refractivity contribution in [3.8, 4) is 0 Å². The molecule has 4 nitrogen and oxygen atoms in total. The molecule has 0 bridgehead atoms. The van der Waals surface area contributed by atoms with Crippen LogP contribution in [-0.4, -0.2) is 48.2 Å². The average molecular weight is 198 g/mol. The minimum absolute atomic E-state index is 0.127. The maximum Gasteiger partial charge on any atom is 0.236 e. The largest absolute Gasteiger partial charge is 0.391 e. The summed E-state index contributed by atoms with van der Waals surface area (Å²) in [5.74, 6) is 0.939. The van der Waals surface area contributed by atoms with Gasteiger partial charge < -0.3 is 15.3 Å². The molecule has 4 heteroatoms. The second-order valence-corrected chi connectivity index (χ2v) is 4.36. The molecule has 2 aliphatic rings. The summed E-state index contributed by atoms with van der Waals surface area (Å²) in [4.78, 5) is 13.3. The zero-order chi connectivity index (χ0) is 9.97. The second-order valence-electron chi connectivity index (χ2n) is 4.36. The van der Waals surface area contributed by atoms with Gasteiger partial charge >= 0.3 is 0 Å². The first-order valence-corrected chi connectivity index (χ1v) is 5.42. The van der Waals surface area contributed by atoms with Crippen molar-refractivity contribution >= 4 is 5.91 Å². The van der Waals surface area contributed by atoms with Crippen LogP contribution in [-0.2, 0) is 4.79 Å². The van der Waals surface area contributed by atoms with E-state index in [2.05, 4.69) is 5.32 Å². The van der Waals surface area contributed by atoms with Gasteiger partial charge in [-0.25, -0.2) is 0 Å². The SMILES string of the molecule is O=C(CNCC1CC1)N1CCC(O)C1. The molecule has 1 aliphatic heterocycles. The number of rotatable bonds is 4. The van der Waals surface area contributed by atoms with Crippen LogP contribution < -0.4 is 5.32 Å². The quantitative estimate of drug-likeness (QED) is 0.645. The van der Waals surface area contributed by atoms with Crippen molar-refractivity contribution in [2.45, 2.75) is 25.4 Å². The molecule has 2 rings (SSSR count). The normalized spacial score (nSPS) is 26.9. The highest BCUT2D eigenvalue weighted by Crippen LogP contribution is 2.27. The van der Waals surface area contributed by atoms with Crippen molar-refractivity contribution in [1.29, 1.82) is 0 Å². The molecule has 0 aromatic carbocycles. The Labute approximate surface area is 84.3 Å². The zero-order valence-corrected chi connectivity index (χ0v) is 8.41. The van der Waals surface area contributed by atoms with Crippen LogP contribution in [0, 0.1) is 5.92 Å². The number of carbonyl (C=O) groups is 1. The third-order valence-corrected chi connectivity index (χ3v) is 2.92. The van der Waals surface area contributed by atoms with E-state index in [9.17, 15) is 9.90 Å². The molecule has 0 aromatic rings. The Balaban J connectivity index is 1.61. The Morgan fingerprint density at radius 1 is 1.43 bits per heavy atom. The van der Waals surface area contributed by atoms with Gasteiger partial charge in [0.25, 0.3) is 0 Å². The van der Waals surface area contributed by atoms with Crippen LogP contribution in [0.15, 0.2) is 0 Å². The molecule has 2 N–H and O–H groups in total. The van der Waals surface area contributed by atoms with Crippen molar-refractivity contribution in [2.75, 3.05) is 26.2 Å². The topological polar surface area (TPSA) is 52.6 Å². The lowest BCUT2D eigenvalue weighted by atomic mass is 10.3. The predicted octanol–water partition coefficient (Wildman–Crippen LogP) is -0.421. The maximum absolute atomic E-state index is 11.5. The maximum atomic E-state index is 11.5. The first kappa shape index (κ1) is 9.93. The van der Waals surface area contributed by atoms with E-state index in [0.29, 0.717) is 19.6 Å². The van der Waals surface area contributed by atoms with Crippen LogP contribution in [0.5, 0.6) is 0 Å². The summed E-state index contributed by atoms with van der Waals surface area (Å²) in [5, 5.41) is 12.4. The second kappa shape index (κ2) is 4.28. The van der Waals surface area contributed by atoms with E-state index in [0.717, 1.165) is 18.9 Å².